The first-order valence-electron chi connectivity index (χ1n) is 8.42. The van der Waals surface area contributed by atoms with Crippen molar-refractivity contribution >= 4 is 28.9 Å². The molecule has 5 heteroatoms. The summed E-state index contributed by atoms with van der Waals surface area (Å²) < 4.78 is 5.76. The van der Waals surface area contributed by atoms with Crippen LogP contribution < -0.4 is 14.5 Å². The van der Waals surface area contributed by atoms with Crippen molar-refractivity contribution in [2.24, 2.45) is 0 Å². The number of quaternary nitrogens is 1. The molecule has 1 N–H and O–H groups in total. The van der Waals surface area contributed by atoms with E-state index in [9.17, 15) is 0 Å². The van der Waals surface area contributed by atoms with Gasteiger partial charge in [-0.25, -0.2) is 0 Å². The standard InChI is InChI=1S/C19H22Cl2N2O/c1-2-24-18-9-4-3-8-17(18)23-12-10-22(11-13-23)14-15-6-5-7-16(20)19(15)21/h3-9H,2,10-14H2,1H3/p+1. The molecule has 1 saturated heterocycles. The monoisotopic (exact) mass is 365 g/mol. The highest BCUT2D eigenvalue weighted by atomic mass is 35.5. The molecule has 0 bridgehead atoms. The smallest absolute Gasteiger partial charge is 0.142 e. The first kappa shape index (κ1) is 17.4. The first-order valence-corrected chi connectivity index (χ1v) is 9.18. The van der Waals surface area contributed by atoms with E-state index in [1.165, 1.54) is 10.6 Å². The van der Waals surface area contributed by atoms with E-state index in [0.29, 0.717) is 16.7 Å². The largest absolute Gasteiger partial charge is 0.492 e. The van der Waals surface area contributed by atoms with Crippen LogP contribution in [0, 0.1) is 0 Å². The minimum absolute atomic E-state index is 0.637. The van der Waals surface area contributed by atoms with Gasteiger partial charge in [0.2, 0.25) is 0 Å². The van der Waals surface area contributed by atoms with Gasteiger partial charge in [0.05, 0.1) is 48.5 Å². The molecule has 2 aromatic rings. The van der Waals surface area contributed by atoms with Crippen LogP contribution in [-0.4, -0.2) is 32.8 Å². The van der Waals surface area contributed by atoms with Gasteiger partial charge in [0.25, 0.3) is 0 Å². The van der Waals surface area contributed by atoms with Crippen molar-refractivity contribution < 1.29 is 9.64 Å². The molecule has 24 heavy (non-hydrogen) atoms. The van der Waals surface area contributed by atoms with Crippen molar-refractivity contribution in [3.63, 3.8) is 0 Å². The summed E-state index contributed by atoms with van der Waals surface area (Å²) in [6.45, 7) is 7.80. The molecule has 1 fully saturated rings. The normalized spacial score (nSPS) is 15.5. The molecule has 0 aliphatic carbocycles. The number of ether oxygens (including phenoxy) is 1. The summed E-state index contributed by atoms with van der Waals surface area (Å²) in [6.07, 6.45) is 0. The van der Waals surface area contributed by atoms with Crippen LogP contribution in [-0.2, 0) is 6.54 Å². The van der Waals surface area contributed by atoms with Crippen molar-refractivity contribution in [1.29, 1.82) is 0 Å². The van der Waals surface area contributed by atoms with Gasteiger partial charge >= 0.3 is 0 Å². The Morgan fingerprint density at radius 2 is 1.79 bits per heavy atom. The van der Waals surface area contributed by atoms with Gasteiger partial charge in [-0.15, -0.1) is 0 Å². The lowest BCUT2D eigenvalue weighted by Crippen LogP contribution is -3.13. The van der Waals surface area contributed by atoms with Gasteiger partial charge < -0.3 is 14.5 Å². The number of hydrogen-bond donors (Lipinski definition) is 1. The van der Waals surface area contributed by atoms with Crippen molar-refractivity contribution in [1.82, 2.24) is 0 Å². The highest BCUT2D eigenvalue weighted by Gasteiger charge is 2.23. The van der Waals surface area contributed by atoms with Crippen LogP contribution in [0.1, 0.15) is 12.5 Å². The summed E-state index contributed by atoms with van der Waals surface area (Å²) in [5.41, 5.74) is 2.32. The second-order valence-electron chi connectivity index (χ2n) is 6.03. The predicted molar refractivity (Wildman–Crippen MR) is 101 cm³/mol. The number of rotatable bonds is 5. The zero-order valence-electron chi connectivity index (χ0n) is 13.9. The molecule has 128 valence electrons. The maximum atomic E-state index is 6.32. The fourth-order valence-corrected chi connectivity index (χ4v) is 3.58. The molecular weight excluding hydrogens is 343 g/mol. The van der Waals surface area contributed by atoms with Gasteiger partial charge in [0.15, 0.2) is 0 Å². The minimum Gasteiger partial charge on any atom is -0.492 e. The first-order chi connectivity index (χ1) is 11.7. The summed E-state index contributed by atoms with van der Waals surface area (Å²) >= 11 is 12.4. The molecule has 3 rings (SSSR count). The number of para-hydroxylation sites is 2. The molecule has 0 unspecified atom stereocenters. The molecule has 0 spiro atoms. The Bertz CT molecular complexity index is 685. The number of benzene rings is 2. The Kier molecular flexibility index (Phi) is 5.88. The molecule has 1 aliphatic rings. The zero-order valence-corrected chi connectivity index (χ0v) is 15.4. The fourth-order valence-electron chi connectivity index (χ4n) is 3.19. The molecule has 3 nitrogen and oxygen atoms in total. The van der Waals surface area contributed by atoms with E-state index in [1.807, 2.05) is 31.2 Å². The van der Waals surface area contributed by atoms with Crippen LogP contribution in [0.3, 0.4) is 0 Å². The fraction of sp³-hybridized carbons (Fsp3) is 0.368. The predicted octanol–water partition coefficient (Wildman–Crippen LogP) is 3.30. The molecule has 0 amide bonds. The third kappa shape index (κ3) is 3.97. The molecule has 0 atom stereocenters. The lowest BCUT2D eigenvalue weighted by atomic mass is 10.2. The van der Waals surface area contributed by atoms with Gasteiger partial charge in [-0.3, -0.25) is 0 Å². The summed E-state index contributed by atoms with van der Waals surface area (Å²) in [5.74, 6) is 0.973. The van der Waals surface area contributed by atoms with Gasteiger partial charge in [0, 0.05) is 5.56 Å². The van der Waals surface area contributed by atoms with Crippen LogP contribution in [0.5, 0.6) is 5.75 Å². The average molecular weight is 366 g/mol. The zero-order chi connectivity index (χ0) is 16.9. The minimum atomic E-state index is 0.637. The Morgan fingerprint density at radius 3 is 2.54 bits per heavy atom. The lowest BCUT2D eigenvalue weighted by Gasteiger charge is -2.34. The van der Waals surface area contributed by atoms with Crippen molar-refractivity contribution in [3.8, 4) is 5.75 Å². The molecular formula is C19H23Cl2N2O+. The maximum absolute atomic E-state index is 6.32. The third-order valence-corrected chi connectivity index (χ3v) is 5.31. The Hall–Kier alpha value is -1.42. The van der Waals surface area contributed by atoms with E-state index in [2.05, 4.69) is 23.1 Å². The van der Waals surface area contributed by atoms with Crippen LogP contribution in [0.15, 0.2) is 42.5 Å². The molecule has 1 aliphatic heterocycles. The number of nitrogens with zero attached hydrogens (tertiary/aromatic N) is 1. The quantitative estimate of drug-likeness (QED) is 0.875. The molecule has 0 saturated carbocycles. The highest BCUT2D eigenvalue weighted by molar-refractivity contribution is 6.42. The van der Waals surface area contributed by atoms with E-state index in [-0.39, 0.29) is 0 Å². The Labute approximate surface area is 153 Å². The van der Waals surface area contributed by atoms with E-state index < -0.39 is 0 Å². The van der Waals surface area contributed by atoms with E-state index in [0.717, 1.165) is 44.0 Å². The van der Waals surface area contributed by atoms with Gasteiger partial charge in [-0.05, 0) is 25.1 Å². The van der Waals surface area contributed by atoms with Crippen LogP contribution in [0.2, 0.25) is 10.0 Å². The second-order valence-corrected chi connectivity index (χ2v) is 6.81. The summed E-state index contributed by atoms with van der Waals surface area (Å²) in [6, 6.07) is 14.2. The molecule has 2 aromatic carbocycles. The van der Waals surface area contributed by atoms with Crippen LogP contribution in [0.25, 0.3) is 0 Å². The SMILES string of the molecule is CCOc1ccccc1N1CC[NH+](Cc2cccc(Cl)c2Cl)CC1. The van der Waals surface area contributed by atoms with Gasteiger partial charge in [-0.2, -0.15) is 0 Å². The average Bonchev–Trinajstić information content (AvgIpc) is 2.61. The number of piperazine rings is 1. The van der Waals surface area contributed by atoms with Gasteiger partial charge in [0.1, 0.15) is 12.3 Å². The molecule has 0 aromatic heterocycles. The highest BCUT2D eigenvalue weighted by Crippen LogP contribution is 2.28. The Morgan fingerprint density at radius 1 is 1.04 bits per heavy atom. The van der Waals surface area contributed by atoms with E-state index in [1.54, 1.807) is 0 Å². The molecule has 0 radical (unpaired) electrons. The van der Waals surface area contributed by atoms with Crippen molar-refractivity contribution in [2.75, 3.05) is 37.7 Å². The lowest BCUT2D eigenvalue weighted by molar-refractivity contribution is -0.914. The molecule has 1 heterocycles. The van der Waals surface area contributed by atoms with Crippen molar-refractivity contribution in [3.05, 3.63) is 58.1 Å². The number of nitrogens with one attached hydrogen (secondary N) is 1. The van der Waals surface area contributed by atoms with E-state index >= 15 is 0 Å². The van der Waals surface area contributed by atoms with E-state index in [4.69, 9.17) is 27.9 Å². The topological polar surface area (TPSA) is 16.9 Å². The number of halogens is 2. The Balaban J connectivity index is 1.63. The third-order valence-electron chi connectivity index (χ3n) is 4.45. The maximum Gasteiger partial charge on any atom is 0.142 e. The second kappa shape index (κ2) is 8.11. The van der Waals surface area contributed by atoms with Crippen molar-refractivity contribution in [2.45, 2.75) is 13.5 Å². The van der Waals surface area contributed by atoms with Crippen LogP contribution >= 0.6 is 23.2 Å². The summed E-state index contributed by atoms with van der Waals surface area (Å²) in [4.78, 5) is 3.94. The van der Waals surface area contributed by atoms with Gasteiger partial charge in [-0.1, -0.05) is 47.5 Å². The summed E-state index contributed by atoms with van der Waals surface area (Å²) in [5, 5.41) is 1.33. The van der Waals surface area contributed by atoms with Crippen LogP contribution in [0.4, 0.5) is 5.69 Å². The number of hydrogen-bond acceptors (Lipinski definition) is 2. The summed E-state index contributed by atoms with van der Waals surface area (Å²) in [7, 11) is 0. The number of anilines is 1.